The summed E-state index contributed by atoms with van der Waals surface area (Å²) in [5, 5.41) is 2.70. The Balaban J connectivity index is 2.02. The molecule has 2 heterocycles. The molecule has 2 rings (SSSR count). The minimum absolute atomic E-state index is 0.0136. The number of hydrogen-bond donors (Lipinski definition) is 1. The summed E-state index contributed by atoms with van der Waals surface area (Å²) in [4.78, 5) is 25.4. The second kappa shape index (κ2) is 5.48. The smallest absolute Gasteiger partial charge is 0.245 e. The molecule has 0 aromatic rings. The zero-order valence-corrected chi connectivity index (χ0v) is 11.9. The lowest BCUT2D eigenvalue weighted by atomic mass is 10.1. The van der Waals surface area contributed by atoms with E-state index < -0.39 is 15.9 Å². The lowest BCUT2D eigenvalue weighted by Crippen LogP contribution is -2.45. The zero-order valence-electron chi connectivity index (χ0n) is 11.1. The highest BCUT2D eigenvalue weighted by Gasteiger charge is 2.34. The second-order valence-corrected chi connectivity index (χ2v) is 7.56. The van der Waals surface area contributed by atoms with Crippen LogP contribution in [0, 0.1) is 5.92 Å². The Labute approximate surface area is 113 Å². The minimum Gasteiger partial charge on any atom is -0.344 e. The van der Waals surface area contributed by atoms with Gasteiger partial charge in [0, 0.05) is 19.5 Å². The summed E-state index contributed by atoms with van der Waals surface area (Å²) >= 11 is 0. The number of nitrogens with zero attached hydrogens (tertiary/aromatic N) is 1. The molecule has 2 amide bonds. The molecular weight excluding hydrogens is 268 g/mol. The molecule has 19 heavy (non-hydrogen) atoms. The fourth-order valence-electron chi connectivity index (χ4n) is 2.68. The van der Waals surface area contributed by atoms with E-state index in [4.69, 9.17) is 0 Å². The molecule has 6 nitrogen and oxygen atoms in total. The number of carbonyl (C=O) groups is 2. The van der Waals surface area contributed by atoms with E-state index in [0.717, 1.165) is 0 Å². The Hall–Kier alpha value is -1.11. The van der Waals surface area contributed by atoms with Gasteiger partial charge in [0.2, 0.25) is 11.8 Å². The second-order valence-electron chi connectivity index (χ2n) is 5.33. The average molecular weight is 288 g/mol. The molecule has 0 aromatic carbocycles. The van der Waals surface area contributed by atoms with Crippen LogP contribution in [-0.4, -0.2) is 55.8 Å². The van der Waals surface area contributed by atoms with E-state index in [1.54, 1.807) is 4.90 Å². The van der Waals surface area contributed by atoms with Crippen LogP contribution in [-0.2, 0) is 19.4 Å². The summed E-state index contributed by atoms with van der Waals surface area (Å²) in [6.07, 6.45) is 1.47. The van der Waals surface area contributed by atoms with Gasteiger partial charge in [-0.15, -0.1) is 0 Å². The third kappa shape index (κ3) is 3.46. The van der Waals surface area contributed by atoms with Gasteiger partial charge in [0.15, 0.2) is 9.84 Å². The van der Waals surface area contributed by atoms with Gasteiger partial charge in [-0.2, -0.15) is 0 Å². The predicted molar refractivity (Wildman–Crippen MR) is 70.2 cm³/mol. The Morgan fingerprint density at radius 2 is 2.11 bits per heavy atom. The van der Waals surface area contributed by atoms with Crippen LogP contribution < -0.4 is 5.32 Å². The summed E-state index contributed by atoms with van der Waals surface area (Å²) < 4.78 is 22.9. The van der Waals surface area contributed by atoms with Crippen molar-refractivity contribution in [2.45, 2.75) is 32.2 Å². The maximum absolute atomic E-state index is 12.2. The van der Waals surface area contributed by atoms with E-state index in [-0.39, 0.29) is 29.2 Å². The van der Waals surface area contributed by atoms with Crippen LogP contribution in [0.15, 0.2) is 0 Å². The fourth-order valence-corrected chi connectivity index (χ4v) is 4.53. The van der Waals surface area contributed by atoms with Crippen molar-refractivity contribution in [2.24, 2.45) is 5.92 Å². The van der Waals surface area contributed by atoms with Gasteiger partial charge in [-0.05, 0) is 18.8 Å². The SMILES string of the molecule is CCC1NC(=O)CCN(CC2CCS(=O)(=O)C2)C1=O. The maximum atomic E-state index is 12.2. The highest BCUT2D eigenvalue weighted by atomic mass is 32.2. The molecule has 2 aliphatic heterocycles. The first-order valence-electron chi connectivity index (χ1n) is 6.70. The molecule has 108 valence electrons. The topological polar surface area (TPSA) is 83.6 Å². The molecule has 7 heteroatoms. The molecule has 2 aliphatic rings. The first-order valence-corrected chi connectivity index (χ1v) is 8.52. The Kier molecular flexibility index (Phi) is 4.13. The molecule has 2 saturated heterocycles. The van der Waals surface area contributed by atoms with Crippen molar-refractivity contribution in [1.82, 2.24) is 10.2 Å². The molecule has 2 atom stereocenters. The number of nitrogens with one attached hydrogen (secondary N) is 1. The lowest BCUT2D eigenvalue weighted by molar-refractivity contribution is -0.134. The van der Waals surface area contributed by atoms with Gasteiger partial charge >= 0.3 is 0 Å². The third-order valence-electron chi connectivity index (χ3n) is 3.77. The maximum Gasteiger partial charge on any atom is 0.245 e. The summed E-state index contributed by atoms with van der Waals surface area (Å²) in [7, 11) is -2.92. The van der Waals surface area contributed by atoms with Crippen LogP contribution in [0.4, 0.5) is 0 Å². The van der Waals surface area contributed by atoms with Crippen molar-refractivity contribution in [1.29, 1.82) is 0 Å². The van der Waals surface area contributed by atoms with E-state index in [2.05, 4.69) is 5.32 Å². The molecule has 0 bridgehead atoms. The fraction of sp³-hybridized carbons (Fsp3) is 0.833. The van der Waals surface area contributed by atoms with Gasteiger partial charge in [0.05, 0.1) is 11.5 Å². The van der Waals surface area contributed by atoms with Crippen LogP contribution >= 0.6 is 0 Å². The molecule has 2 unspecified atom stereocenters. The largest absolute Gasteiger partial charge is 0.344 e. The molecule has 0 aliphatic carbocycles. The van der Waals surface area contributed by atoms with E-state index in [1.807, 2.05) is 6.92 Å². The number of sulfone groups is 1. The minimum atomic E-state index is -2.92. The molecule has 0 spiro atoms. The van der Waals surface area contributed by atoms with Crippen LogP contribution in [0.1, 0.15) is 26.2 Å². The van der Waals surface area contributed by atoms with Gasteiger partial charge < -0.3 is 10.2 Å². The van der Waals surface area contributed by atoms with E-state index in [0.29, 0.717) is 32.4 Å². The average Bonchev–Trinajstić information content (AvgIpc) is 2.63. The van der Waals surface area contributed by atoms with Crippen molar-refractivity contribution in [3.8, 4) is 0 Å². The number of rotatable bonds is 3. The Bertz CT molecular complexity index is 474. The van der Waals surface area contributed by atoms with Gasteiger partial charge in [0.1, 0.15) is 6.04 Å². The van der Waals surface area contributed by atoms with Crippen molar-refractivity contribution < 1.29 is 18.0 Å². The Morgan fingerprint density at radius 1 is 1.37 bits per heavy atom. The first kappa shape index (κ1) is 14.3. The van der Waals surface area contributed by atoms with Crippen LogP contribution in [0.25, 0.3) is 0 Å². The number of amides is 2. The lowest BCUT2D eigenvalue weighted by Gasteiger charge is -2.25. The van der Waals surface area contributed by atoms with Crippen molar-refractivity contribution >= 4 is 21.7 Å². The summed E-state index contributed by atoms with van der Waals surface area (Å²) in [5.74, 6) is 0.197. The van der Waals surface area contributed by atoms with Gasteiger partial charge in [0.25, 0.3) is 0 Å². The summed E-state index contributed by atoms with van der Waals surface area (Å²) in [6, 6.07) is -0.465. The summed E-state index contributed by atoms with van der Waals surface area (Å²) in [6.45, 7) is 2.69. The zero-order chi connectivity index (χ0) is 14.0. The van der Waals surface area contributed by atoms with Gasteiger partial charge in [-0.25, -0.2) is 8.42 Å². The molecular formula is C12H20N2O4S. The van der Waals surface area contributed by atoms with Gasteiger partial charge in [-0.3, -0.25) is 9.59 Å². The molecule has 2 fully saturated rings. The molecule has 0 aromatic heterocycles. The van der Waals surface area contributed by atoms with Crippen LogP contribution in [0.3, 0.4) is 0 Å². The third-order valence-corrected chi connectivity index (χ3v) is 5.60. The predicted octanol–water partition coefficient (Wildman–Crippen LogP) is -0.452. The van der Waals surface area contributed by atoms with Crippen LogP contribution in [0.2, 0.25) is 0 Å². The van der Waals surface area contributed by atoms with Crippen molar-refractivity contribution in [2.75, 3.05) is 24.6 Å². The van der Waals surface area contributed by atoms with E-state index >= 15 is 0 Å². The highest BCUT2D eigenvalue weighted by molar-refractivity contribution is 7.91. The molecule has 0 radical (unpaired) electrons. The number of hydrogen-bond acceptors (Lipinski definition) is 4. The van der Waals surface area contributed by atoms with Gasteiger partial charge in [-0.1, -0.05) is 6.92 Å². The van der Waals surface area contributed by atoms with Crippen molar-refractivity contribution in [3.05, 3.63) is 0 Å². The van der Waals surface area contributed by atoms with E-state index in [9.17, 15) is 18.0 Å². The highest BCUT2D eigenvalue weighted by Crippen LogP contribution is 2.20. The standard InChI is InChI=1S/C12H20N2O4S/c1-2-10-12(16)14(5-3-11(15)13-10)7-9-4-6-19(17,18)8-9/h9-10H,2-8H2,1H3,(H,13,15). The normalized spacial score (nSPS) is 31.1. The monoisotopic (exact) mass is 288 g/mol. The number of carbonyl (C=O) groups excluding carboxylic acids is 2. The van der Waals surface area contributed by atoms with E-state index in [1.165, 1.54) is 0 Å². The first-order chi connectivity index (χ1) is 8.91. The van der Waals surface area contributed by atoms with Crippen molar-refractivity contribution in [3.63, 3.8) is 0 Å². The quantitative estimate of drug-likeness (QED) is 0.762. The molecule has 0 saturated carbocycles. The Morgan fingerprint density at radius 3 is 2.68 bits per heavy atom. The summed E-state index contributed by atoms with van der Waals surface area (Å²) in [5.41, 5.74) is 0. The molecule has 1 N–H and O–H groups in total. The van der Waals surface area contributed by atoms with Crippen LogP contribution in [0.5, 0.6) is 0 Å².